The number of carbonyl (C=O) groups excluding carboxylic acids is 2. The van der Waals surface area contributed by atoms with E-state index in [1.165, 1.54) is 11.3 Å². The first-order chi connectivity index (χ1) is 22.8. The molecule has 2 amide bonds. The molecule has 2 N–H and O–H groups in total. The van der Waals surface area contributed by atoms with Crippen molar-refractivity contribution in [3.05, 3.63) is 113 Å². The van der Waals surface area contributed by atoms with Crippen LogP contribution in [0.15, 0.2) is 97.1 Å². The number of aliphatic hydroxyl groups excluding tert-OH is 1. The van der Waals surface area contributed by atoms with Gasteiger partial charge in [0.2, 0.25) is 0 Å². The first kappa shape index (κ1) is 32.2. The number of para-hydroxylation sites is 3. The fraction of sp³-hybridized carbons (Fsp3) is 0.270. The van der Waals surface area contributed by atoms with Gasteiger partial charge in [0.15, 0.2) is 10.8 Å². The summed E-state index contributed by atoms with van der Waals surface area (Å²) in [6, 6.07) is 30.1. The fourth-order valence-electron chi connectivity index (χ4n) is 5.68. The minimum Gasteiger partial charge on any atom is -0.486 e. The highest BCUT2D eigenvalue weighted by molar-refractivity contribution is 7.20. The van der Waals surface area contributed by atoms with E-state index in [0.717, 1.165) is 27.3 Å². The van der Waals surface area contributed by atoms with Gasteiger partial charge in [-0.05, 0) is 68.1 Å². The van der Waals surface area contributed by atoms with Crippen LogP contribution in [0, 0.1) is 5.92 Å². The number of nitrogens with zero attached hydrogens (tertiary/aromatic N) is 3. The van der Waals surface area contributed by atoms with Gasteiger partial charge < -0.3 is 24.8 Å². The molecule has 0 radical (unpaired) electrons. The largest absolute Gasteiger partial charge is 0.486 e. The van der Waals surface area contributed by atoms with Crippen molar-refractivity contribution in [3.8, 4) is 17.2 Å². The van der Waals surface area contributed by atoms with Gasteiger partial charge in [-0.2, -0.15) is 0 Å². The minimum atomic E-state index is -0.396. The molecule has 2 heterocycles. The zero-order chi connectivity index (χ0) is 32.9. The molecule has 5 aromatic rings. The lowest BCUT2D eigenvalue weighted by molar-refractivity contribution is 0.0343. The molecular formula is C37H38N4O5S. The lowest BCUT2D eigenvalue weighted by Gasteiger charge is -2.38. The van der Waals surface area contributed by atoms with E-state index in [1.807, 2.05) is 99.8 Å². The summed E-state index contributed by atoms with van der Waals surface area (Å²) < 4.78 is 13.6. The van der Waals surface area contributed by atoms with Crippen LogP contribution in [0.3, 0.4) is 0 Å². The third-order valence-corrected chi connectivity index (χ3v) is 9.31. The lowest BCUT2D eigenvalue weighted by Crippen LogP contribution is -2.49. The van der Waals surface area contributed by atoms with E-state index in [2.05, 4.69) is 15.2 Å². The fourth-order valence-corrected chi connectivity index (χ4v) is 6.54. The van der Waals surface area contributed by atoms with E-state index < -0.39 is 6.04 Å². The van der Waals surface area contributed by atoms with E-state index in [9.17, 15) is 14.7 Å². The summed E-state index contributed by atoms with van der Waals surface area (Å²) in [5, 5.41) is 13.3. The van der Waals surface area contributed by atoms with Crippen molar-refractivity contribution in [2.75, 3.05) is 32.1 Å². The second-order valence-corrected chi connectivity index (χ2v) is 13.0. The predicted octanol–water partition coefficient (Wildman–Crippen LogP) is 6.69. The van der Waals surface area contributed by atoms with Crippen molar-refractivity contribution >= 4 is 39.1 Å². The Balaban J connectivity index is 1.23. The second kappa shape index (κ2) is 14.3. The van der Waals surface area contributed by atoms with Crippen LogP contribution in [0.25, 0.3) is 10.2 Å². The molecule has 0 spiro atoms. The average molecular weight is 651 g/mol. The van der Waals surface area contributed by atoms with Gasteiger partial charge in [0, 0.05) is 25.6 Å². The maximum atomic E-state index is 13.9. The Bertz CT molecular complexity index is 1810. The Morgan fingerprint density at radius 3 is 2.51 bits per heavy atom. The zero-order valence-electron chi connectivity index (χ0n) is 26.6. The van der Waals surface area contributed by atoms with Crippen LogP contribution < -0.4 is 14.8 Å². The Kier molecular flexibility index (Phi) is 9.81. The first-order valence-electron chi connectivity index (χ1n) is 15.7. The molecule has 0 saturated carbocycles. The number of amides is 2. The molecule has 1 aliphatic rings. The molecule has 0 fully saturated rings. The molecule has 1 aromatic heterocycles. The Morgan fingerprint density at radius 1 is 1.04 bits per heavy atom. The Hall–Kier alpha value is -4.77. The number of hydrogen-bond donors (Lipinski definition) is 2. The molecule has 0 saturated heterocycles. The monoisotopic (exact) mass is 650 g/mol. The summed E-state index contributed by atoms with van der Waals surface area (Å²) in [6.45, 7) is 5.34. The van der Waals surface area contributed by atoms with Gasteiger partial charge in [-0.3, -0.25) is 14.5 Å². The van der Waals surface area contributed by atoms with Gasteiger partial charge in [0.1, 0.15) is 17.6 Å². The third kappa shape index (κ3) is 7.46. The van der Waals surface area contributed by atoms with E-state index >= 15 is 0 Å². The summed E-state index contributed by atoms with van der Waals surface area (Å²) in [5.41, 5.74) is 2.59. The van der Waals surface area contributed by atoms with Gasteiger partial charge in [0.25, 0.3) is 11.8 Å². The van der Waals surface area contributed by atoms with Crippen molar-refractivity contribution < 1.29 is 24.2 Å². The van der Waals surface area contributed by atoms with Crippen molar-refractivity contribution in [1.82, 2.24) is 14.8 Å². The highest BCUT2D eigenvalue weighted by Gasteiger charge is 2.34. The average Bonchev–Trinajstić information content (AvgIpc) is 3.52. The van der Waals surface area contributed by atoms with E-state index in [-0.39, 0.29) is 30.4 Å². The molecule has 6 rings (SSSR count). The standard InChI is InChI=1S/C37H38N4O5S/c1-24-20-41(25(2)23-42)37(44)29-12-9-14-31(38-35(43)36-39-30-13-7-8-15-33(30)47-36)34(29)46-32(24)22-40(3)21-26-16-18-28(19-17-26)45-27-10-5-4-6-11-27/h4-19,24-25,32,42H,20-23H2,1-3H3,(H,38,43)/t24-,25-,32+/m1/s1. The van der Waals surface area contributed by atoms with Crippen LogP contribution in [0.5, 0.6) is 17.2 Å². The number of nitrogens with one attached hydrogen (secondary N) is 1. The van der Waals surface area contributed by atoms with Gasteiger partial charge in [-0.1, -0.05) is 55.5 Å². The molecule has 0 unspecified atom stereocenters. The third-order valence-electron chi connectivity index (χ3n) is 8.27. The molecule has 47 heavy (non-hydrogen) atoms. The topological polar surface area (TPSA) is 104 Å². The van der Waals surface area contributed by atoms with Crippen LogP contribution in [0.2, 0.25) is 0 Å². The summed E-state index contributed by atoms with van der Waals surface area (Å²) in [4.78, 5) is 35.7. The van der Waals surface area contributed by atoms with Crippen LogP contribution >= 0.6 is 11.3 Å². The van der Waals surface area contributed by atoms with Crippen LogP contribution in [0.4, 0.5) is 5.69 Å². The van der Waals surface area contributed by atoms with Crippen molar-refractivity contribution in [2.24, 2.45) is 5.92 Å². The molecular weight excluding hydrogens is 612 g/mol. The summed E-state index contributed by atoms with van der Waals surface area (Å²) in [7, 11) is 2.03. The molecule has 0 aliphatic carbocycles. The normalized spacial score (nSPS) is 17.0. The Labute approximate surface area is 278 Å². The first-order valence-corrected chi connectivity index (χ1v) is 16.5. The number of aliphatic hydroxyl groups is 1. The number of ether oxygens (including phenoxy) is 2. The summed E-state index contributed by atoms with van der Waals surface area (Å²) in [5.74, 6) is 1.15. The Morgan fingerprint density at radius 2 is 1.77 bits per heavy atom. The highest BCUT2D eigenvalue weighted by atomic mass is 32.1. The number of likely N-dealkylation sites (N-methyl/N-ethyl adjacent to an activating group) is 1. The number of benzene rings is 4. The van der Waals surface area contributed by atoms with Gasteiger partial charge >= 0.3 is 0 Å². The van der Waals surface area contributed by atoms with Crippen LogP contribution in [0.1, 0.15) is 39.6 Å². The van der Waals surface area contributed by atoms with E-state index in [4.69, 9.17) is 9.47 Å². The molecule has 1 aliphatic heterocycles. The van der Waals surface area contributed by atoms with Gasteiger partial charge in [-0.15, -0.1) is 11.3 Å². The van der Waals surface area contributed by atoms with Crippen LogP contribution in [-0.2, 0) is 6.54 Å². The second-order valence-electron chi connectivity index (χ2n) is 12.0. The minimum absolute atomic E-state index is 0.0850. The highest BCUT2D eigenvalue weighted by Crippen LogP contribution is 2.36. The summed E-state index contributed by atoms with van der Waals surface area (Å²) in [6.07, 6.45) is -0.332. The van der Waals surface area contributed by atoms with E-state index in [0.29, 0.717) is 41.6 Å². The molecule has 9 nitrogen and oxygen atoms in total. The van der Waals surface area contributed by atoms with Crippen molar-refractivity contribution in [2.45, 2.75) is 32.5 Å². The maximum absolute atomic E-state index is 13.9. The molecule has 3 atom stereocenters. The number of hydrogen-bond acceptors (Lipinski definition) is 8. The molecule has 0 bridgehead atoms. The number of aromatic nitrogens is 1. The SMILES string of the molecule is C[C@@H]1CN([C@H](C)CO)C(=O)c2cccc(NC(=O)c3nc4ccccc4s3)c2O[C@H]1CN(C)Cc1ccc(Oc2ccccc2)cc1. The maximum Gasteiger partial charge on any atom is 0.284 e. The molecule has 242 valence electrons. The van der Waals surface area contributed by atoms with E-state index in [1.54, 1.807) is 23.1 Å². The number of carbonyl (C=O) groups is 2. The van der Waals surface area contributed by atoms with Crippen molar-refractivity contribution in [1.29, 1.82) is 0 Å². The lowest BCUT2D eigenvalue weighted by atomic mass is 9.98. The molecule has 10 heteroatoms. The van der Waals surface area contributed by atoms with Gasteiger partial charge in [-0.25, -0.2) is 4.98 Å². The van der Waals surface area contributed by atoms with Gasteiger partial charge in [0.05, 0.1) is 34.1 Å². The summed E-state index contributed by atoms with van der Waals surface area (Å²) >= 11 is 1.31. The number of anilines is 1. The number of rotatable bonds is 10. The zero-order valence-corrected chi connectivity index (χ0v) is 27.4. The number of thiazole rings is 1. The van der Waals surface area contributed by atoms with Crippen molar-refractivity contribution in [3.63, 3.8) is 0 Å². The van der Waals surface area contributed by atoms with Crippen LogP contribution in [-0.4, -0.2) is 70.6 Å². The predicted molar refractivity (Wildman–Crippen MR) is 184 cm³/mol. The number of fused-ring (bicyclic) bond motifs is 2. The smallest absolute Gasteiger partial charge is 0.284 e. The quantitative estimate of drug-likeness (QED) is 0.174. The molecule has 4 aromatic carbocycles.